The lowest BCUT2D eigenvalue weighted by atomic mass is 10.1. The molecule has 0 saturated heterocycles. The number of halogens is 1. The molecule has 0 bridgehead atoms. The molecule has 4 N–H and O–H groups in total. The Kier molecular flexibility index (Phi) is 3.78. The second kappa shape index (κ2) is 5.40. The van der Waals surface area contributed by atoms with Crippen LogP contribution in [-0.2, 0) is 9.84 Å². The predicted molar refractivity (Wildman–Crippen MR) is 87.3 cm³/mol. The van der Waals surface area contributed by atoms with Crippen molar-refractivity contribution in [3.8, 4) is 0 Å². The van der Waals surface area contributed by atoms with Crippen LogP contribution in [0.15, 0.2) is 53.4 Å². The summed E-state index contributed by atoms with van der Waals surface area (Å²) in [4.78, 5) is 0.237. The van der Waals surface area contributed by atoms with Gasteiger partial charge in [-0.2, -0.15) is 0 Å². The van der Waals surface area contributed by atoms with Crippen molar-refractivity contribution >= 4 is 9.84 Å². The van der Waals surface area contributed by atoms with Crippen molar-refractivity contribution in [1.29, 1.82) is 0 Å². The highest BCUT2D eigenvalue weighted by Crippen LogP contribution is 2.55. The van der Waals surface area contributed by atoms with Gasteiger partial charge in [-0.1, -0.05) is 29.8 Å². The SMILES string of the molecule is Cc1ccc(S(=O)(=O)[C@H]2[C@@H](c3ccc(F)cc3)[C@@]2(N)CN)cc1. The standard InChI is InChI=1S/C17H19FN2O2S/c1-11-2-8-14(9-3-11)23(21,22)16-15(17(16,20)10-19)12-4-6-13(18)7-5-12/h2-9,15-16H,10,19-20H2,1H3/t15-,16+,17+/m1/s1. The van der Waals surface area contributed by atoms with Crippen LogP contribution >= 0.6 is 0 Å². The zero-order chi connectivity index (χ0) is 16.8. The minimum Gasteiger partial charge on any atom is -0.329 e. The topological polar surface area (TPSA) is 86.2 Å². The fraction of sp³-hybridized carbons (Fsp3) is 0.294. The zero-order valence-electron chi connectivity index (χ0n) is 12.7. The van der Waals surface area contributed by atoms with Crippen LogP contribution < -0.4 is 11.5 Å². The first-order chi connectivity index (χ1) is 10.8. The molecule has 0 heterocycles. The summed E-state index contributed by atoms with van der Waals surface area (Å²) in [6, 6.07) is 12.4. The van der Waals surface area contributed by atoms with Crippen LogP contribution in [0.25, 0.3) is 0 Å². The first-order valence-electron chi connectivity index (χ1n) is 7.35. The van der Waals surface area contributed by atoms with Crippen molar-refractivity contribution in [2.24, 2.45) is 11.5 Å². The Morgan fingerprint density at radius 1 is 1.09 bits per heavy atom. The van der Waals surface area contributed by atoms with E-state index in [1.165, 1.54) is 12.1 Å². The highest BCUT2D eigenvalue weighted by atomic mass is 32.2. The number of benzene rings is 2. The van der Waals surface area contributed by atoms with Crippen LogP contribution in [0.2, 0.25) is 0 Å². The quantitative estimate of drug-likeness (QED) is 0.891. The average Bonchev–Trinajstić information content (AvgIpc) is 3.16. The van der Waals surface area contributed by atoms with Gasteiger partial charge in [0.1, 0.15) is 5.82 Å². The van der Waals surface area contributed by atoms with Gasteiger partial charge in [-0.3, -0.25) is 0 Å². The summed E-state index contributed by atoms with van der Waals surface area (Å²) in [6.07, 6.45) is 0. The maximum absolute atomic E-state index is 13.1. The number of aryl methyl sites for hydroxylation is 1. The van der Waals surface area contributed by atoms with E-state index in [0.717, 1.165) is 5.56 Å². The van der Waals surface area contributed by atoms with Gasteiger partial charge in [0.25, 0.3) is 0 Å². The summed E-state index contributed by atoms with van der Waals surface area (Å²) in [5.41, 5.74) is 12.7. The molecule has 0 radical (unpaired) electrons. The van der Waals surface area contributed by atoms with Crippen molar-refractivity contribution < 1.29 is 12.8 Å². The maximum atomic E-state index is 13.1. The molecule has 3 atom stereocenters. The first-order valence-corrected chi connectivity index (χ1v) is 8.90. The fourth-order valence-electron chi connectivity index (χ4n) is 3.16. The molecule has 0 aliphatic heterocycles. The summed E-state index contributed by atoms with van der Waals surface area (Å²) in [7, 11) is -3.61. The molecule has 2 aromatic rings. The lowest BCUT2D eigenvalue weighted by molar-refractivity contribution is 0.585. The summed E-state index contributed by atoms with van der Waals surface area (Å²) in [5, 5.41) is -0.798. The molecule has 23 heavy (non-hydrogen) atoms. The Bertz CT molecular complexity index is 819. The molecule has 0 aromatic heterocycles. The average molecular weight is 334 g/mol. The molecule has 2 aromatic carbocycles. The monoisotopic (exact) mass is 334 g/mol. The molecular weight excluding hydrogens is 315 g/mol. The molecule has 1 aliphatic rings. The Morgan fingerprint density at radius 3 is 2.17 bits per heavy atom. The van der Waals surface area contributed by atoms with E-state index in [1.807, 2.05) is 6.92 Å². The van der Waals surface area contributed by atoms with E-state index in [1.54, 1.807) is 36.4 Å². The Balaban J connectivity index is 2.01. The van der Waals surface area contributed by atoms with E-state index < -0.39 is 26.5 Å². The molecule has 3 rings (SSSR count). The Morgan fingerprint density at radius 2 is 1.65 bits per heavy atom. The predicted octanol–water partition coefficient (Wildman–Crippen LogP) is 1.73. The third-order valence-corrected chi connectivity index (χ3v) is 6.88. The highest BCUT2D eigenvalue weighted by Gasteiger charge is 2.68. The highest BCUT2D eigenvalue weighted by molar-refractivity contribution is 7.92. The van der Waals surface area contributed by atoms with Crippen molar-refractivity contribution in [3.63, 3.8) is 0 Å². The Hall–Kier alpha value is -1.76. The first kappa shape index (κ1) is 16.1. The van der Waals surface area contributed by atoms with Gasteiger partial charge in [0, 0.05) is 12.5 Å². The smallest absolute Gasteiger partial charge is 0.183 e. The third-order valence-electron chi connectivity index (χ3n) is 4.57. The van der Waals surface area contributed by atoms with Crippen LogP contribution in [0, 0.1) is 12.7 Å². The molecule has 0 spiro atoms. The number of sulfone groups is 1. The molecule has 122 valence electrons. The van der Waals surface area contributed by atoms with Gasteiger partial charge in [-0.15, -0.1) is 0 Å². The molecule has 1 fully saturated rings. The minimum absolute atomic E-state index is 0.0464. The largest absolute Gasteiger partial charge is 0.329 e. The van der Waals surface area contributed by atoms with E-state index in [0.29, 0.717) is 5.56 Å². The molecule has 0 amide bonds. The summed E-state index contributed by atoms with van der Waals surface area (Å²) in [6.45, 7) is 1.94. The molecule has 4 nitrogen and oxygen atoms in total. The van der Waals surface area contributed by atoms with E-state index in [9.17, 15) is 12.8 Å². The molecule has 6 heteroatoms. The molecule has 1 aliphatic carbocycles. The molecule has 0 unspecified atom stereocenters. The Labute approximate surface area is 135 Å². The number of rotatable bonds is 4. The summed E-state index contributed by atoms with van der Waals surface area (Å²) < 4.78 is 38.9. The van der Waals surface area contributed by atoms with Crippen LogP contribution in [-0.4, -0.2) is 25.8 Å². The fourth-order valence-corrected chi connectivity index (χ4v) is 5.48. The minimum atomic E-state index is -3.61. The normalized spacial score (nSPS) is 27.0. The van der Waals surface area contributed by atoms with Crippen LogP contribution in [0.3, 0.4) is 0 Å². The van der Waals surface area contributed by atoms with Crippen molar-refractivity contribution in [2.45, 2.75) is 28.5 Å². The van der Waals surface area contributed by atoms with Gasteiger partial charge in [0.2, 0.25) is 0 Å². The van der Waals surface area contributed by atoms with E-state index in [2.05, 4.69) is 0 Å². The third kappa shape index (κ3) is 2.56. The second-order valence-corrected chi connectivity index (χ2v) is 8.19. The van der Waals surface area contributed by atoms with E-state index >= 15 is 0 Å². The second-order valence-electron chi connectivity index (χ2n) is 6.12. The summed E-state index contributed by atoms with van der Waals surface area (Å²) >= 11 is 0. The number of hydrogen-bond acceptors (Lipinski definition) is 4. The number of nitrogens with two attached hydrogens (primary N) is 2. The van der Waals surface area contributed by atoms with Crippen molar-refractivity contribution in [2.75, 3.05) is 6.54 Å². The zero-order valence-corrected chi connectivity index (χ0v) is 13.6. The van der Waals surface area contributed by atoms with Gasteiger partial charge < -0.3 is 11.5 Å². The van der Waals surface area contributed by atoms with Gasteiger partial charge in [-0.25, -0.2) is 12.8 Å². The summed E-state index contributed by atoms with van der Waals surface area (Å²) in [5.74, 6) is -0.804. The van der Waals surface area contributed by atoms with Crippen LogP contribution in [0.1, 0.15) is 17.0 Å². The van der Waals surface area contributed by atoms with Gasteiger partial charge >= 0.3 is 0 Å². The van der Waals surface area contributed by atoms with E-state index in [4.69, 9.17) is 11.5 Å². The van der Waals surface area contributed by atoms with Crippen molar-refractivity contribution in [3.05, 3.63) is 65.5 Å². The van der Waals surface area contributed by atoms with Gasteiger partial charge in [0.15, 0.2) is 9.84 Å². The lowest BCUT2D eigenvalue weighted by Crippen LogP contribution is -2.39. The lowest BCUT2D eigenvalue weighted by Gasteiger charge is -2.09. The molecule has 1 saturated carbocycles. The number of hydrogen-bond donors (Lipinski definition) is 2. The van der Waals surface area contributed by atoms with Crippen molar-refractivity contribution in [1.82, 2.24) is 0 Å². The van der Waals surface area contributed by atoms with Gasteiger partial charge in [-0.05, 0) is 36.8 Å². The molecular formula is C17H19FN2O2S. The van der Waals surface area contributed by atoms with E-state index in [-0.39, 0.29) is 17.3 Å². The maximum Gasteiger partial charge on any atom is 0.183 e. The van der Waals surface area contributed by atoms with Crippen LogP contribution in [0.4, 0.5) is 4.39 Å². The van der Waals surface area contributed by atoms with Gasteiger partial charge in [0.05, 0.1) is 15.7 Å². The van der Waals surface area contributed by atoms with Crippen LogP contribution in [0.5, 0.6) is 0 Å².